The highest BCUT2D eigenvalue weighted by atomic mass is 15.1. The lowest BCUT2D eigenvalue weighted by molar-refractivity contribution is 0.583. The van der Waals surface area contributed by atoms with Crippen molar-refractivity contribution in [1.82, 2.24) is 10.2 Å². The van der Waals surface area contributed by atoms with Crippen molar-refractivity contribution >= 4 is 0 Å². The smallest absolute Gasteiger partial charge is 0.0530 e. The number of aromatic nitrogens is 2. The molecule has 72 valence electrons. The summed E-state index contributed by atoms with van der Waals surface area (Å²) in [6.45, 7) is 6.66. The summed E-state index contributed by atoms with van der Waals surface area (Å²) in [5.41, 5.74) is 2.71. The zero-order valence-corrected chi connectivity index (χ0v) is 8.75. The quantitative estimate of drug-likeness (QED) is 0.708. The van der Waals surface area contributed by atoms with E-state index in [9.17, 15) is 0 Å². The molecule has 0 spiro atoms. The normalized spacial score (nSPS) is 10.8. The van der Waals surface area contributed by atoms with Crippen molar-refractivity contribution in [2.75, 3.05) is 0 Å². The van der Waals surface area contributed by atoms with Gasteiger partial charge in [0.05, 0.1) is 12.4 Å². The van der Waals surface area contributed by atoms with Crippen molar-refractivity contribution in [3.8, 4) is 0 Å². The number of nitrogens with zero attached hydrogens (tertiary/aromatic N) is 2. The van der Waals surface area contributed by atoms with Crippen molar-refractivity contribution in [3.05, 3.63) is 23.5 Å². The third kappa shape index (κ3) is 3.13. The molecule has 1 rings (SSSR count). The highest BCUT2D eigenvalue weighted by Crippen LogP contribution is 2.12. The first-order valence-corrected chi connectivity index (χ1v) is 5.02. The van der Waals surface area contributed by atoms with Gasteiger partial charge in [-0.25, -0.2) is 0 Å². The Morgan fingerprint density at radius 3 is 2.31 bits per heavy atom. The zero-order valence-electron chi connectivity index (χ0n) is 8.75. The van der Waals surface area contributed by atoms with Crippen LogP contribution < -0.4 is 0 Å². The van der Waals surface area contributed by atoms with Crippen molar-refractivity contribution < 1.29 is 0 Å². The van der Waals surface area contributed by atoms with Gasteiger partial charge in [-0.1, -0.05) is 20.8 Å². The topological polar surface area (TPSA) is 25.8 Å². The van der Waals surface area contributed by atoms with Crippen molar-refractivity contribution in [3.63, 3.8) is 0 Å². The van der Waals surface area contributed by atoms with E-state index in [-0.39, 0.29) is 0 Å². The molecule has 0 N–H and O–H groups in total. The summed E-state index contributed by atoms with van der Waals surface area (Å²) in [6, 6.07) is 0. The van der Waals surface area contributed by atoms with Crippen LogP contribution in [-0.2, 0) is 12.8 Å². The zero-order chi connectivity index (χ0) is 9.68. The second-order valence-corrected chi connectivity index (χ2v) is 3.83. The first kappa shape index (κ1) is 10.2. The minimum Gasteiger partial charge on any atom is -0.159 e. The van der Waals surface area contributed by atoms with E-state index in [1.54, 1.807) is 0 Å². The molecular weight excluding hydrogens is 160 g/mol. The van der Waals surface area contributed by atoms with Gasteiger partial charge in [-0.05, 0) is 36.3 Å². The number of hydrogen-bond donors (Lipinski definition) is 0. The maximum absolute atomic E-state index is 3.92. The molecule has 0 saturated carbocycles. The molecule has 0 aliphatic rings. The lowest BCUT2D eigenvalue weighted by atomic mass is 10.0. The molecule has 0 aromatic carbocycles. The van der Waals surface area contributed by atoms with Crippen LogP contribution in [0.15, 0.2) is 12.4 Å². The summed E-state index contributed by atoms with van der Waals surface area (Å²) in [7, 11) is 0. The first-order chi connectivity index (χ1) is 6.24. The molecule has 0 unspecified atom stereocenters. The van der Waals surface area contributed by atoms with Crippen LogP contribution in [0.1, 0.15) is 38.3 Å². The van der Waals surface area contributed by atoms with E-state index in [4.69, 9.17) is 0 Å². The summed E-state index contributed by atoms with van der Waals surface area (Å²) in [5, 5.41) is 7.81. The molecule has 2 nitrogen and oxygen atoms in total. The second-order valence-electron chi connectivity index (χ2n) is 3.83. The average molecular weight is 178 g/mol. The average Bonchev–Trinajstić information content (AvgIpc) is 2.15. The molecular formula is C11H18N2. The molecule has 0 bridgehead atoms. The maximum Gasteiger partial charge on any atom is 0.0530 e. The molecule has 0 saturated heterocycles. The van der Waals surface area contributed by atoms with Crippen LogP contribution in [-0.4, -0.2) is 10.2 Å². The molecule has 1 aromatic rings. The van der Waals surface area contributed by atoms with Crippen LogP contribution in [0.5, 0.6) is 0 Å². The van der Waals surface area contributed by atoms with Crippen LogP contribution in [0.3, 0.4) is 0 Å². The summed E-state index contributed by atoms with van der Waals surface area (Å²) in [5.74, 6) is 0.762. The Labute approximate surface area is 80.4 Å². The Bertz CT molecular complexity index is 256. The first-order valence-electron chi connectivity index (χ1n) is 5.02. The SMILES string of the molecule is CCc1cnncc1CCC(C)C. The fraction of sp³-hybridized carbons (Fsp3) is 0.636. The highest BCUT2D eigenvalue weighted by molar-refractivity contribution is 5.20. The Hall–Kier alpha value is -0.920. The highest BCUT2D eigenvalue weighted by Gasteiger charge is 2.02. The number of rotatable bonds is 4. The van der Waals surface area contributed by atoms with E-state index < -0.39 is 0 Å². The Morgan fingerprint density at radius 2 is 1.77 bits per heavy atom. The maximum atomic E-state index is 3.92. The molecule has 0 aliphatic heterocycles. The van der Waals surface area contributed by atoms with Crippen LogP contribution in [0.25, 0.3) is 0 Å². The van der Waals surface area contributed by atoms with Gasteiger partial charge in [-0.2, -0.15) is 10.2 Å². The van der Waals surface area contributed by atoms with Gasteiger partial charge in [0, 0.05) is 0 Å². The minimum absolute atomic E-state index is 0.762. The standard InChI is InChI=1S/C11H18N2/c1-4-10-7-12-13-8-11(10)6-5-9(2)3/h7-9H,4-6H2,1-3H3. The van der Waals surface area contributed by atoms with E-state index in [0.717, 1.165) is 18.8 Å². The van der Waals surface area contributed by atoms with Crippen LogP contribution in [0.4, 0.5) is 0 Å². The molecule has 0 radical (unpaired) electrons. The van der Waals surface area contributed by atoms with Gasteiger partial charge in [0.2, 0.25) is 0 Å². The molecule has 13 heavy (non-hydrogen) atoms. The lowest BCUT2D eigenvalue weighted by Crippen LogP contribution is -1.98. The van der Waals surface area contributed by atoms with Crippen LogP contribution in [0, 0.1) is 5.92 Å². The fourth-order valence-electron chi connectivity index (χ4n) is 1.36. The molecule has 0 atom stereocenters. The molecule has 1 aromatic heterocycles. The van der Waals surface area contributed by atoms with Gasteiger partial charge in [0.15, 0.2) is 0 Å². The van der Waals surface area contributed by atoms with Gasteiger partial charge in [-0.15, -0.1) is 0 Å². The predicted octanol–water partition coefficient (Wildman–Crippen LogP) is 2.63. The molecule has 2 heteroatoms. The molecule has 1 heterocycles. The summed E-state index contributed by atoms with van der Waals surface area (Å²) < 4.78 is 0. The van der Waals surface area contributed by atoms with Gasteiger partial charge in [0.25, 0.3) is 0 Å². The molecule has 0 fully saturated rings. The van der Waals surface area contributed by atoms with E-state index in [1.165, 1.54) is 17.5 Å². The van der Waals surface area contributed by atoms with Crippen molar-refractivity contribution in [1.29, 1.82) is 0 Å². The van der Waals surface area contributed by atoms with Gasteiger partial charge in [-0.3, -0.25) is 0 Å². The van der Waals surface area contributed by atoms with E-state index in [0.29, 0.717) is 0 Å². The van der Waals surface area contributed by atoms with Crippen molar-refractivity contribution in [2.45, 2.75) is 40.0 Å². The summed E-state index contributed by atoms with van der Waals surface area (Å²) in [6.07, 6.45) is 7.22. The summed E-state index contributed by atoms with van der Waals surface area (Å²) >= 11 is 0. The minimum atomic E-state index is 0.762. The molecule has 0 aliphatic carbocycles. The monoisotopic (exact) mass is 178 g/mol. The van der Waals surface area contributed by atoms with Crippen LogP contribution >= 0.6 is 0 Å². The third-order valence-electron chi connectivity index (χ3n) is 2.28. The largest absolute Gasteiger partial charge is 0.159 e. The third-order valence-corrected chi connectivity index (χ3v) is 2.28. The van der Waals surface area contributed by atoms with Gasteiger partial charge < -0.3 is 0 Å². The van der Waals surface area contributed by atoms with Gasteiger partial charge in [0.1, 0.15) is 0 Å². The van der Waals surface area contributed by atoms with Gasteiger partial charge >= 0.3 is 0 Å². The molecule has 0 amide bonds. The Kier molecular flexibility index (Phi) is 3.87. The summed E-state index contributed by atoms with van der Waals surface area (Å²) in [4.78, 5) is 0. The van der Waals surface area contributed by atoms with Crippen molar-refractivity contribution in [2.24, 2.45) is 5.92 Å². The van der Waals surface area contributed by atoms with E-state index in [2.05, 4.69) is 31.0 Å². The lowest BCUT2D eigenvalue weighted by Gasteiger charge is -2.07. The van der Waals surface area contributed by atoms with E-state index in [1.807, 2.05) is 12.4 Å². The second kappa shape index (κ2) is 4.95. The number of hydrogen-bond acceptors (Lipinski definition) is 2. The number of aryl methyl sites for hydroxylation is 2. The fourth-order valence-corrected chi connectivity index (χ4v) is 1.36. The predicted molar refractivity (Wildman–Crippen MR) is 54.6 cm³/mol. The van der Waals surface area contributed by atoms with Crippen LogP contribution in [0.2, 0.25) is 0 Å². The van der Waals surface area contributed by atoms with E-state index >= 15 is 0 Å². The Balaban J connectivity index is 2.64. The Morgan fingerprint density at radius 1 is 1.15 bits per heavy atom.